The third-order valence-corrected chi connectivity index (χ3v) is 3.61. The molecule has 3 N–H and O–H groups in total. The molecule has 0 bridgehead atoms. The van der Waals surface area contributed by atoms with Crippen molar-refractivity contribution in [2.45, 2.75) is 38.1 Å². The Balaban J connectivity index is 2.15. The van der Waals surface area contributed by atoms with E-state index in [1.165, 1.54) is 6.42 Å². The van der Waals surface area contributed by atoms with Gasteiger partial charge in [0.05, 0.1) is 6.61 Å². The van der Waals surface area contributed by atoms with E-state index in [9.17, 15) is 9.90 Å². The molecule has 0 aromatic carbocycles. The van der Waals surface area contributed by atoms with Crippen LogP contribution in [-0.2, 0) is 0 Å². The summed E-state index contributed by atoms with van der Waals surface area (Å²) < 4.78 is 0. The molecule has 1 saturated carbocycles. The Morgan fingerprint density at radius 2 is 2.11 bits per heavy atom. The minimum absolute atomic E-state index is 0.0233. The SMILES string of the molecule is Nc1cccc(C(=O)N(CCO)C2CCCCC2)n1. The van der Waals surface area contributed by atoms with Gasteiger partial charge in [-0.25, -0.2) is 4.98 Å². The lowest BCUT2D eigenvalue weighted by molar-refractivity contribution is 0.0579. The van der Waals surface area contributed by atoms with Gasteiger partial charge in [0.25, 0.3) is 5.91 Å². The molecule has 1 aromatic rings. The number of nitrogens with zero attached hydrogens (tertiary/aromatic N) is 2. The third-order valence-electron chi connectivity index (χ3n) is 3.61. The number of aliphatic hydroxyl groups excluding tert-OH is 1. The third kappa shape index (κ3) is 3.44. The average Bonchev–Trinajstić information content (AvgIpc) is 2.45. The summed E-state index contributed by atoms with van der Waals surface area (Å²) in [7, 11) is 0. The first-order chi connectivity index (χ1) is 9.22. The molecule has 1 aliphatic carbocycles. The van der Waals surface area contributed by atoms with Crippen LogP contribution in [0.5, 0.6) is 0 Å². The van der Waals surface area contributed by atoms with Crippen LogP contribution in [0, 0.1) is 0 Å². The Kier molecular flexibility index (Phi) is 4.74. The zero-order valence-electron chi connectivity index (χ0n) is 11.1. The molecule has 1 heterocycles. The van der Waals surface area contributed by atoms with E-state index in [0.717, 1.165) is 25.7 Å². The smallest absolute Gasteiger partial charge is 0.272 e. The predicted molar refractivity (Wildman–Crippen MR) is 73.6 cm³/mol. The van der Waals surface area contributed by atoms with E-state index in [0.29, 0.717) is 18.1 Å². The Morgan fingerprint density at radius 3 is 2.74 bits per heavy atom. The zero-order chi connectivity index (χ0) is 13.7. The summed E-state index contributed by atoms with van der Waals surface area (Å²) in [5.41, 5.74) is 5.98. The van der Waals surface area contributed by atoms with Crippen LogP contribution in [0.15, 0.2) is 18.2 Å². The van der Waals surface area contributed by atoms with Crippen LogP contribution in [0.4, 0.5) is 5.82 Å². The van der Waals surface area contributed by atoms with Crippen molar-refractivity contribution in [1.29, 1.82) is 0 Å². The summed E-state index contributed by atoms with van der Waals surface area (Å²) in [5.74, 6) is 0.215. The maximum atomic E-state index is 12.5. The fraction of sp³-hybridized carbons (Fsp3) is 0.571. The lowest BCUT2D eigenvalue weighted by atomic mass is 9.94. The van der Waals surface area contributed by atoms with Crippen LogP contribution in [0.25, 0.3) is 0 Å². The fourth-order valence-electron chi connectivity index (χ4n) is 2.67. The highest BCUT2D eigenvalue weighted by atomic mass is 16.3. The van der Waals surface area contributed by atoms with E-state index in [1.54, 1.807) is 23.1 Å². The largest absolute Gasteiger partial charge is 0.395 e. The highest BCUT2D eigenvalue weighted by Gasteiger charge is 2.26. The average molecular weight is 263 g/mol. The molecule has 2 rings (SSSR count). The van der Waals surface area contributed by atoms with Crippen LogP contribution in [0.1, 0.15) is 42.6 Å². The van der Waals surface area contributed by atoms with Gasteiger partial charge in [-0.2, -0.15) is 0 Å². The van der Waals surface area contributed by atoms with Gasteiger partial charge in [-0.3, -0.25) is 4.79 Å². The normalized spacial score (nSPS) is 16.3. The van der Waals surface area contributed by atoms with E-state index in [1.807, 2.05) is 0 Å². The van der Waals surface area contributed by atoms with Gasteiger partial charge in [-0.05, 0) is 25.0 Å². The summed E-state index contributed by atoms with van der Waals surface area (Å²) in [5, 5.41) is 9.18. The molecule has 5 nitrogen and oxygen atoms in total. The summed E-state index contributed by atoms with van der Waals surface area (Å²) >= 11 is 0. The molecule has 5 heteroatoms. The first kappa shape index (κ1) is 13.8. The van der Waals surface area contributed by atoms with Crippen molar-refractivity contribution in [2.75, 3.05) is 18.9 Å². The summed E-state index contributed by atoms with van der Waals surface area (Å²) in [4.78, 5) is 18.3. The number of nitrogen functional groups attached to an aromatic ring is 1. The Hall–Kier alpha value is -1.62. The van der Waals surface area contributed by atoms with E-state index < -0.39 is 0 Å². The molecule has 1 aliphatic rings. The number of aliphatic hydroxyl groups is 1. The summed E-state index contributed by atoms with van der Waals surface area (Å²) in [6.45, 7) is 0.338. The van der Waals surface area contributed by atoms with Gasteiger partial charge in [-0.1, -0.05) is 25.3 Å². The highest BCUT2D eigenvalue weighted by Crippen LogP contribution is 2.23. The molecule has 1 aromatic heterocycles. The highest BCUT2D eigenvalue weighted by molar-refractivity contribution is 5.92. The molecule has 1 fully saturated rings. The first-order valence-electron chi connectivity index (χ1n) is 6.86. The standard InChI is InChI=1S/C14H21N3O2/c15-13-8-4-7-12(16-13)14(19)17(9-10-18)11-5-2-1-3-6-11/h4,7-8,11,18H,1-3,5-6,9-10H2,(H2,15,16). The van der Waals surface area contributed by atoms with E-state index >= 15 is 0 Å². The van der Waals surface area contributed by atoms with Crippen LogP contribution in [-0.4, -0.2) is 40.1 Å². The number of anilines is 1. The van der Waals surface area contributed by atoms with Gasteiger partial charge in [0.15, 0.2) is 0 Å². The monoisotopic (exact) mass is 263 g/mol. The predicted octanol–water partition coefficient (Wildman–Crippen LogP) is 1.43. The van der Waals surface area contributed by atoms with Gasteiger partial charge in [0.1, 0.15) is 11.5 Å². The second kappa shape index (κ2) is 6.52. The molecule has 19 heavy (non-hydrogen) atoms. The number of amides is 1. The Bertz CT molecular complexity index is 430. The lowest BCUT2D eigenvalue weighted by Gasteiger charge is -2.33. The number of rotatable bonds is 4. The molecule has 1 amide bonds. The summed E-state index contributed by atoms with van der Waals surface area (Å²) in [6, 6.07) is 5.28. The molecule has 104 valence electrons. The number of carbonyl (C=O) groups is 1. The fourth-order valence-corrected chi connectivity index (χ4v) is 2.67. The minimum atomic E-state index is -0.131. The number of aromatic nitrogens is 1. The number of pyridine rings is 1. The van der Waals surface area contributed by atoms with Gasteiger partial charge in [-0.15, -0.1) is 0 Å². The van der Waals surface area contributed by atoms with Crippen molar-refractivity contribution < 1.29 is 9.90 Å². The zero-order valence-corrected chi connectivity index (χ0v) is 11.1. The number of hydrogen-bond acceptors (Lipinski definition) is 4. The topological polar surface area (TPSA) is 79.5 Å². The maximum absolute atomic E-state index is 12.5. The molecule has 0 unspecified atom stereocenters. The number of hydrogen-bond donors (Lipinski definition) is 2. The first-order valence-corrected chi connectivity index (χ1v) is 6.86. The van der Waals surface area contributed by atoms with Gasteiger partial charge in [0.2, 0.25) is 0 Å². The van der Waals surface area contributed by atoms with Gasteiger partial charge < -0.3 is 15.7 Å². The van der Waals surface area contributed by atoms with Crippen molar-refractivity contribution in [3.63, 3.8) is 0 Å². The van der Waals surface area contributed by atoms with E-state index in [2.05, 4.69) is 4.98 Å². The maximum Gasteiger partial charge on any atom is 0.272 e. The molecule has 0 atom stereocenters. The van der Waals surface area contributed by atoms with Gasteiger partial charge in [0, 0.05) is 12.6 Å². The Labute approximate surface area is 113 Å². The second-order valence-electron chi connectivity index (χ2n) is 4.96. The molecule has 0 saturated heterocycles. The molecular formula is C14H21N3O2. The Morgan fingerprint density at radius 1 is 1.37 bits per heavy atom. The number of carbonyl (C=O) groups excluding carboxylic acids is 1. The van der Waals surface area contributed by atoms with Crippen molar-refractivity contribution in [2.24, 2.45) is 0 Å². The van der Waals surface area contributed by atoms with Crippen LogP contribution >= 0.6 is 0 Å². The van der Waals surface area contributed by atoms with Crippen LogP contribution < -0.4 is 5.73 Å². The lowest BCUT2D eigenvalue weighted by Crippen LogP contribution is -2.43. The van der Waals surface area contributed by atoms with Crippen LogP contribution in [0.2, 0.25) is 0 Å². The summed E-state index contributed by atoms with van der Waals surface area (Å²) in [6.07, 6.45) is 5.53. The molecule has 0 spiro atoms. The second-order valence-corrected chi connectivity index (χ2v) is 4.96. The van der Waals surface area contributed by atoms with Crippen molar-refractivity contribution in [3.05, 3.63) is 23.9 Å². The molecule has 0 radical (unpaired) electrons. The van der Waals surface area contributed by atoms with Gasteiger partial charge >= 0.3 is 0 Å². The van der Waals surface area contributed by atoms with Crippen molar-refractivity contribution in [1.82, 2.24) is 9.88 Å². The molecular weight excluding hydrogens is 242 g/mol. The number of nitrogens with two attached hydrogens (primary N) is 1. The quantitative estimate of drug-likeness (QED) is 0.861. The minimum Gasteiger partial charge on any atom is -0.395 e. The van der Waals surface area contributed by atoms with E-state index in [-0.39, 0.29) is 18.6 Å². The van der Waals surface area contributed by atoms with Crippen molar-refractivity contribution in [3.8, 4) is 0 Å². The van der Waals surface area contributed by atoms with Crippen LogP contribution in [0.3, 0.4) is 0 Å². The van der Waals surface area contributed by atoms with Crippen molar-refractivity contribution >= 4 is 11.7 Å². The van der Waals surface area contributed by atoms with E-state index in [4.69, 9.17) is 5.73 Å². The molecule has 0 aliphatic heterocycles.